The van der Waals surface area contributed by atoms with E-state index < -0.39 is 5.92 Å². The molecule has 0 spiro atoms. The van der Waals surface area contributed by atoms with E-state index in [0.29, 0.717) is 0 Å². The third kappa shape index (κ3) is 4.55. The van der Waals surface area contributed by atoms with Crippen LogP contribution in [0, 0.1) is 6.92 Å². The number of hydrogen-bond acceptors (Lipinski definition) is 4. The fraction of sp³-hybridized carbons (Fsp3) is 0.150. The molecule has 0 aliphatic carbocycles. The smallest absolute Gasteiger partial charge is 0.250 e. The van der Waals surface area contributed by atoms with Gasteiger partial charge in [0, 0.05) is 11.1 Å². The summed E-state index contributed by atoms with van der Waals surface area (Å²) in [7, 11) is 0. The maximum Gasteiger partial charge on any atom is 0.250 e. The van der Waals surface area contributed by atoms with Crippen LogP contribution in [0.3, 0.4) is 0 Å². The second-order valence-corrected chi connectivity index (χ2v) is 6.79. The van der Waals surface area contributed by atoms with Crippen molar-refractivity contribution in [2.45, 2.75) is 19.3 Å². The Morgan fingerprint density at radius 3 is 2.04 bits per heavy atom. The summed E-state index contributed by atoms with van der Waals surface area (Å²) in [5.74, 6) is -1.08. The molecule has 3 aromatic rings. The number of carbonyl (C=O) groups excluding carboxylic acids is 2. The van der Waals surface area contributed by atoms with Crippen molar-refractivity contribution in [2.24, 2.45) is 0 Å². The summed E-state index contributed by atoms with van der Waals surface area (Å²) in [5.41, 5.74) is 7.64. The maximum atomic E-state index is 12.8. The summed E-state index contributed by atoms with van der Waals surface area (Å²) in [4.78, 5) is 29.1. The number of benzene rings is 2. The molecular formula is C20H19N3O2S. The van der Waals surface area contributed by atoms with Crippen LogP contribution in [-0.4, -0.2) is 16.8 Å². The minimum atomic E-state index is -0.500. The number of amides is 2. The van der Waals surface area contributed by atoms with E-state index in [4.69, 9.17) is 0 Å². The van der Waals surface area contributed by atoms with Crippen LogP contribution in [0.4, 0.5) is 0 Å². The zero-order valence-corrected chi connectivity index (χ0v) is 15.1. The number of thiazole rings is 1. The van der Waals surface area contributed by atoms with Gasteiger partial charge in [-0.05, 0) is 18.1 Å². The van der Waals surface area contributed by atoms with Gasteiger partial charge in [0.05, 0.1) is 12.3 Å². The molecule has 132 valence electrons. The molecule has 0 unspecified atom stereocenters. The van der Waals surface area contributed by atoms with Gasteiger partial charge in [-0.25, -0.2) is 4.98 Å². The lowest BCUT2D eigenvalue weighted by Crippen LogP contribution is -2.44. The summed E-state index contributed by atoms with van der Waals surface area (Å²) in [6.45, 7) is 1.88. The first kappa shape index (κ1) is 17.8. The Bertz CT molecular complexity index is 839. The Morgan fingerprint density at radius 1 is 0.962 bits per heavy atom. The number of nitrogens with one attached hydrogen (secondary N) is 2. The van der Waals surface area contributed by atoms with Crippen molar-refractivity contribution in [2.75, 3.05) is 0 Å². The van der Waals surface area contributed by atoms with E-state index in [1.165, 1.54) is 11.3 Å². The van der Waals surface area contributed by atoms with Crippen molar-refractivity contribution in [3.63, 3.8) is 0 Å². The van der Waals surface area contributed by atoms with E-state index in [-0.39, 0.29) is 18.2 Å². The minimum absolute atomic E-state index is 0.139. The molecule has 2 amide bonds. The number of hydrogen-bond donors (Lipinski definition) is 2. The van der Waals surface area contributed by atoms with Crippen molar-refractivity contribution in [1.29, 1.82) is 0 Å². The molecular weight excluding hydrogens is 346 g/mol. The first-order chi connectivity index (χ1) is 12.6. The van der Waals surface area contributed by atoms with Crippen LogP contribution in [0.1, 0.15) is 27.7 Å². The molecule has 0 aliphatic heterocycles. The largest absolute Gasteiger partial charge is 0.273 e. The number of nitrogens with zero attached hydrogens (tertiary/aromatic N) is 1. The van der Waals surface area contributed by atoms with Gasteiger partial charge in [0.25, 0.3) is 0 Å². The highest BCUT2D eigenvalue weighted by atomic mass is 32.1. The normalized spacial score (nSPS) is 10.5. The van der Waals surface area contributed by atoms with Crippen LogP contribution >= 0.6 is 11.3 Å². The molecule has 2 N–H and O–H groups in total. The Morgan fingerprint density at radius 2 is 1.54 bits per heavy atom. The second kappa shape index (κ2) is 8.40. The van der Waals surface area contributed by atoms with E-state index >= 15 is 0 Å². The summed E-state index contributed by atoms with van der Waals surface area (Å²) in [5, 5.41) is 2.61. The Balaban J connectivity index is 1.69. The van der Waals surface area contributed by atoms with Crippen molar-refractivity contribution in [1.82, 2.24) is 15.8 Å². The van der Waals surface area contributed by atoms with Crippen LogP contribution in [0.5, 0.6) is 0 Å². The molecule has 0 atom stereocenters. The van der Waals surface area contributed by atoms with Gasteiger partial charge in [-0.3, -0.25) is 20.4 Å². The Hall–Kier alpha value is -2.99. The predicted octanol–water partition coefficient (Wildman–Crippen LogP) is 2.97. The molecule has 1 heterocycles. The molecule has 0 aliphatic rings. The fourth-order valence-electron chi connectivity index (χ4n) is 2.66. The van der Waals surface area contributed by atoms with E-state index in [1.54, 1.807) is 0 Å². The number of aromatic nitrogens is 1. The van der Waals surface area contributed by atoms with Crippen molar-refractivity contribution in [3.8, 4) is 0 Å². The topological polar surface area (TPSA) is 71.1 Å². The van der Waals surface area contributed by atoms with Gasteiger partial charge in [-0.2, -0.15) is 0 Å². The fourth-order valence-corrected chi connectivity index (χ4v) is 3.43. The van der Waals surface area contributed by atoms with Crippen molar-refractivity contribution in [3.05, 3.63) is 87.9 Å². The Labute approximate surface area is 156 Å². The van der Waals surface area contributed by atoms with Gasteiger partial charge in [-0.15, -0.1) is 11.3 Å². The molecule has 2 aromatic carbocycles. The van der Waals surface area contributed by atoms with E-state index in [1.807, 2.05) is 73.0 Å². The van der Waals surface area contributed by atoms with Crippen molar-refractivity contribution < 1.29 is 9.59 Å². The van der Waals surface area contributed by atoms with Gasteiger partial charge in [0.15, 0.2) is 0 Å². The molecule has 0 saturated heterocycles. The summed E-state index contributed by atoms with van der Waals surface area (Å²) in [6.07, 6.45) is 0.139. The highest BCUT2D eigenvalue weighted by Gasteiger charge is 2.23. The third-order valence-corrected chi connectivity index (χ3v) is 4.80. The SMILES string of the molecule is Cc1csc(CC(=O)NNC(=O)C(c2ccccc2)c2ccccc2)n1. The number of carbonyl (C=O) groups is 2. The van der Waals surface area contributed by atoms with Gasteiger partial charge in [0.2, 0.25) is 11.8 Å². The average molecular weight is 365 g/mol. The third-order valence-electron chi connectivity index (χ3n) is 3.83. The van der Waals surface area contributed by atoms with E-state index in [2.05, 4.69) is 15.8 Å². The van der Waals surface area contributed by atoms with Crippen LogP contribution < -0.4 is 10.9 Å². The highest BCUT2D eigenvalue weighted by molar-refractivity contribution is 7.09. The van der Waals surface area contributed by atoms with Crippen LogP contribution in [0.2, 0.25) is 0 Å². The van der Waals surface area contributed by atoms with Crippen LogP contribution in [-0.2, 0) is 16.0 Å². The lowest BCUT2D eigenvalue weighted by molar-refractivity contribution is -0.128. The molecule has 0 saturated carbocycles. The lowest BCUT2D eigenvalue weighted by Gasteiger charge is -2.18. The monoisotopic (exact) mass is 365 g/mol. The van der Waals surface area contributed by atoms with Gasteiger partial charge in [-0.1, -0.05) is 60.7 Å². The Kier molecular flexibility index (Phi) is 5.76. The molecule has 3 rings (SSSR count). The van der Waals surface area contributed by atoms with Gasteiger partial charge in [0.1, 0.15) is 5.01 Å². The maximum absolute atomic E-state index is 12.8. The number of aryl methyl sites for hydroxylation is 1. The molecule has 0 bridgehead atoms. The van der Waals surface area contributed by atoms with Crippen molar-refractivity contribution >= 4 is 23.2 Å². The van der Waals surface area contributed by atoms with E-state index in [0.717, 1.165) is 21.8 Å². The molecule has 0 radical (unpaired) electrons. The van der Waals surface area contributed by atoms with E-state index in [9.17, 15) is 9.59 Å². The highest BCUT2D eigenvalue weighted by Crippen LogP contribution is 2.24. The number of rotatable bonds is 5. The first-order valence-electron chi connectivity index (χ1n) is 8.23. The summed E-state index contributed by atoms with van der Waals surface area (Å²) < 4.78 is 0. The molecule has 6 heteroatoms. The van der Waals surface area contributed by atoms with Crippen LogP contribution in [0.15, 0.2) is 66.0 Å². The van der Waals surface area contributed by atoms with Gasteiger partial charge < -0.3 is 0 Å². The lowest BCUT2D eigenvalue weighted by atomic mass is 9.91. The standard InChI is InChI=1S/C20H19N3O2S/c1-14-13-26-18(21-14)12-17(24)22-23-20(25)19(15-8-4-2-5-9-15)16-10-6-3-7-11-16/h2-11,13,19H,12H2,1H3,(H,22,24)(H,23,25). The summed E-state index contributed by atoms with van der Waals surface area (Å²) >= 11 is 1.43. The molecule has 1 aromatic heterocycles. The molecule has 5 nitrogen and oxygen atoms in total. The summed E-state index contributed by atoms with van der Waals surface area (Å²) in [6, 6.07) is 19.0. The second-order valence-electron chi connectivity index (χ2n) is 5.85. The minimum Gasteiger partial charge on any atom is -0.273 e. The van der Waals surface area contributed by atoms with Crippen LogP contribution in [0.25, 0.3) is 0 Å². The predicted molar refractivity (Wildman–Crippen MR) is 102 cm³/mol. The number of hydrazine groups is 1. The molecule has 26 heavy (non-hydrogen) atoms. The first-order valence-corrected chi connectivity index (χ1v) is 9.11. The zero-order chi connectivity index (χ0) is 18.4. The van der Waals surface area contributed by atoms with Gasteiger partial charge >= 0.3 is 0 Å². The zero-order valence-electron chi connectivity index (χ0n) is 14.3. The molecule has 0 fully saturated rings. The average Bonchev–Trinajstić information content (AvgIpc) is 3.07. The quantitative estimate of drug-likeness (QED) is 0.683.